The molecule has 0 saturated carbocycles. The Hall–Kier alpha value is -1.07. The van der Waals surface area contributed by atoms with Crippen molar-refractivity contribution in [3.8, 4) is 5.75 Å². The maximum absolute atomic E-state index is 11.9. The number of hydrogen-bond acceptors (Lipinski definition) is 4. The molecule has 17 heavy (non-hydrogen) atoms. The molecule has 2 rings (SSSR count). The molecule has 94 valence electrons. The Labute approximate surface area is 101 Å². The van der Waals surface area contributed by atoms with Crippen molar-refractivity contribution in [1.29, 1.82) is 0 Å². The van der Waals surface area contributed by atoms with Gasteiger partial charge in [-0.3, -0.25) is 0 Å². The van der Waals surface area contributed by atoms with Crippen LogP contribution in [0, 0.1) is 0 Å². The van der Waals surface area contributed by atoms with E-state index < -0.39 is 15.9 Å². The summed E-state index contributed by atoms with van der Waals surface area (Å²) >= 11 is 0. The van der Waals surface area contributed by atoms with E-state index in [9.17, 15) is 13.5 Å². The lowest BCUT2D eigenvalue weighted by Crippen LogP contribution is -2.10. The average Bonchev–Trinajstić information content (AvgIpc) is 2.49. The molecular weight excluding hydrogens is 240 g/mol. The monoisotopic (exact) mass is 256 g/mol. The summed E-state index contributed by atoms with van der Waals surface area (Å²) in [6.45, 7) is 1.67. The van der Waals surface area contributed by atoms with Crippen molar-refractivity contribution < 1.29 is 18.3 Å². The van der Waals surface area contributed by atoms with E-state index in [-0.39, 0.29) is 11.7 Å². The van der Waals surface area contributed by atoms with Crippen LogP contribution in [0.3, 0.4) is 0 Å². The second kappa shape index (κ2) is 4.31. The van der Waals surface area contributed by atoms with E-state index in [0.29, 0.717) is 17.1 Å². The van der Waals surface area contributed by atoms with E-state index >= 15 is 0 Å². The molecule has 4 nitrogen and oxygen atoms in total. The molecule has 1 N–H and O–H groups in total. The summed E-state index contributed by atoms with van der Waals surface area (Å²) in [4.78, 5) is 0.379. The van der Waals surface area contributed by atoms with Crippen molar-refractivity contribution in [2.24, 2.45) is 0 Å². The molecule has 0 spiro atoms. The smallest absolute Gasteiger partial charge is 0.179 e. The minimum Gasteiger partial charge on any atom is -0.497 e. The third-order valence-corrected chi connectivity index (χ3v) is 4.92. The number of methoxy groups -OCH3 is 1. The minimum absolute atomic E-state index is 0.0837. The minimum atomic E-state index is -3.19. The van der Waals surface area contributed by atoms with Crippen molar-refractivity contribution in [2.45, 2.75) is 30.3 Å². The molecule has 1 aromatic carbocycles. The van der Waals surface area contributed by atoms with E-state index in [1.54, 1.807) is 32.2 Å². The van der Waals surface area contributed by atoms with Crippen LogP contribution < -0.4 is 4.74 Å². The Morgan fingerprint density at radius 2 is 2.24 bits per heavy atom. The van der Waals surface area contributed by atoms with E-state index in [4.69, 9.17) is 4.74 Å². The fraction of sp³-hybridized carbons (Fsp3) is 0.500. The SMILES string of the molecule is COc1ccc2c(c1)C(CC(C)O)CS2(=O)=O. The van der Waals surface area contributed by atoms with Gasteiger partial charge in [0.25, 0.3) is 0 Å². The van der Waals surface area contributed by atoms with Gasteiger partial charge in [0, 0.05) is 5.92 Å². The number of aliphatic hydroxyl groups is 1. The van der Waals surface area contributed by atoms with Crippen LogP contribution in [0.1, 0.15) is 24.8 Å². The van der Waals surface area contributed by atoms with Crippen LogP contribution in [-0.2, 0) is 9.84 Å². The van der Waals surface area contributed by atoms with Gasteiger partial charge >= 0.3 is 0 Å². The van der Waals surface area contributed by atoms with Crippen LogP contribution in [0.5, 0.6) is 5.75 Å². The Kier molecular flexibility index (Phi) is 3.14. The molecule has 0 fully saturated rings. The second-order valence-electron chi connectivity index (χ2n) is 4.47. The zero-order chi connectivity index (χ0) is 12.6. The predicted octanol–water partition coefficient (Wildman–Crippen LogP) is 1.34. The summed E-state index contributed by atoms with van der Waals surface area (Å²) < 4.78 is 28.9. The third kappa shape index (κ3) is 2.30. The molecule has 0 bridgehead atoms. The first-order chi connectivity index (χ1) is 7.94. The zero-order valence-electron chi connectivity index (χ0n) is 9.88. The number of ether oxygens (including phenoxy) is 1. The maximum Gasteiger partial charge on any atom is 0.179 e. The van der Waals surface area contributed by atoms with Crippen LogP contribution in [0.15, 0.2) is 23.1 Å². The summed E-state index contributed by atoms with van der Waals surface area (Å²) in [5.41, 5.74) is 0.769. The number of fused-ring (bicyclic) bond motifs is 1. The van der Waals surface area contributed by atoms with Gasteiger partial charge in [-0.1, -0.05) is 0 Å². The number of benzene rings is 1. The molecule has 1 aromatic rings. The normalized spacial score (nSPS) is 23.1. The lowest BCUT2D eigenvalue weighted by atomic mass is 9.95. The number of hydrogen-bond donors (Lipinski definition) is 1. The first kappa shape index (κ1) is 12.4. The fourth-order valence-corrected chi connectivity index (χ4v) is 4.19. The van der Waals surface area contributed by atoms with E-state index in [0.717, 1.165) is 5.56 Å². The summed E-state index contributed by atoms with van der Waals surface area (Å²) in [5.74, 6) is 0.599. The maximum atomic E-state index is 11.9. The number of aliphatic hydroxyl groups excluding tert-OH is 1. The highest BCUT2D eigenvalue weighted by atomic mass is 32.2. The van der Waals surface area contributed by atoms with Crippen LogP contribution in [0.2, 0.25) is 0 Å². The molecule has 1 heterocycles. The highest BCUT2D eigenvalue weighted by molar-refractivity contribution is 7.91. The molecule has 2 atom stereocenters. The highest BCUT2D eigenvalue weighted by Gasteiger charge is 2.35. The zero-order valence-corrected chi connectivity index (χ0v) is 10.7. The lowest BCUT2D eigenvalue weighted by Gasteiger charge is -2.12. The standard InChI is InChI=1S/C12H16O4S/c1-8(13)5-9-7-17(14,15)12-4-3-10(16-2)6-11(9)12/h3-4,6,8-9,13H,5,7H2,1-2H3. The molecule has 0 saturated heterocycles. The molecule has 1 aliphatic heterocycles. The van der Waals surface area contributed by atoms with Gasteiger partial charge in [0.1, 0.15) is 5.75 Å². The van der Waals surface area contributed by atoms with E-state index in [1.165, 1.54) is 0 Å². The Bertz CT molecular complexity index is 519. The second-order valence-corrected chi connectivity index (χ2v) is 6.47. The molecule has 2 unspecified atom stereocenters. The van der Waals surface area contributed by atoms with Crippen molar-refractivity contribution in [2.75, 3.05) is 12.9 Å². The Morgan fingerprint density at radius 1 is 1.53 bits per heavy atom. The van der Waals surface area contributed by atoms with E-state index in [2.05, 4.69) is 0 Å². The van der Waals surface area contributed by atoms with Gasteiger partial charge in [0.05, 0.1) is 23.9 Å². The van der Waals surface area contributed by atoms with Crippen molar-refractivity contribution in [3.05, 3.63) is 23.8 Å². The molecule has 0 aromatic heterocycles. The van der Waals surface area contributed by atoms with Crippen LogP contribution >= 0.6 is 0 Å². The van der Waals surface area contributed by atoms with Gasteiger partial charge in [0.15, 0.2) is 9.84 Å². The molecule has 1 aliphatic rings. The Balaban J connectivity index is 2.46. The Morgan fingerprint density at radius 3 is 2.82 bits per heavy atom. The van der Waals surface area contributed by atoms with E-state index in [1.807, 2.05) is 0 Å². The first-order valence-corrected chi connectivity index (χ1v) is 7.18. The van der Waals surface area contributed by atoms with Gasteiger partial charge in [0.2, 0.25) is 0 Å². The van der Waals surface area contributed by atoms with Crippen LogP contribution in [0.25, 0.3) is 0 Å². The van der Waals surface area contributed by atoms with Gasteiger partial charge < -0.3 is 9.84 Å². The van der Waals surface area contributed by atoms with Crippen molar-refractivity contribution >= 4 is 9.84 Å². The fourth-order valence-electron chi connectivity index (χ4n) is 2.31. The summed E-state index contributed by atoms with van der Waals surface area (Å²) in [6.07, 6.45) is -0.0493. The first-order valence-electron chi connectivity index (χ1n) is 5.53. The average molecular weight is 256 g/mol. The van der Waals surface area contributed by atoms with Gasteiger partial charge in [-0.2, -0.15) is 0 Å². The lowest BCUT2D eigenvalue weighted by molar-refractivity contribution is 0.177. The summed E-state index contributed by atoms with van der Waals surface area (Å²) in [6, 6.07) is 5.00. The van der Waals surface area contributed by atoms with Gasteiger partial charge in [-0.15, -0.1) is 0 Å². The predicted molar refractivity (Wildman–Crippen MR) is 64.1 cm³/mol. The van der Waals surface area contributed by atoms with Crippen LogP contribution in [0.4, 0.5) is 0 Å². The number of rotatable bonds is 3. The summed E-state index contributed by atoms with van der Waals surface area (Å²) in [7, 11) is -1.64. The molecule has 0 aliphatic carbocycles. The topological polar surface area (TPSA) is 63.6 Å². The molecular formula is C12H16O4S. The molecule has 5 heteroatoms. The largest absolute Gasteiger partial charge is 0.497 e. The van der Waals surface area contributed by atoms with Crippen molar-refractivity contribution in [3.63, 3.8) is 0 Å². The molecule has 0 radical (unpaired) electrons. The molecule has 0 amide bonds. The van der Waals surface area contributed by atoms with Crippen LogP contribution in [-0.4, -0.2) is 32.5 Å². The van der Waals surface area contributed by atoms with Crippen molar-refractivity contribution in [1.82, 2.24) is 0 Å². The van der Waals surface area contributed by atoms with Gasteiger partial charge in [-0.05, 0) is 37.1 Å². The quantitative estimate of drug-likeness (QED) is 0.886. The van der Waals surface area contributed by atoms with Gasteiger partial charge in [-0.25, -0.2) is 8.42 Å². The highest BCUT2D eigenvalue weighted by Crippen LogP contribution is 2.39. The third-order valence-electron chi connectivity index (χ3n) is 3.04. The number of sulfone groups is 1. The summed E-state index contributed by atoms with van der Waals surface area (Å²) in [5, 5.41) is 9.41.